The summed E-state index contributed by atoms with van der Waals surface area (Å²) in [5, 5.41) is 19.4. The number of hydrogen-bond acceptors (Lipinski definition) is 5. The number of hydrogen-bond donors (Lipinski definition) is 1. The van der Waals surface area contributed by atoms with Crippen molar-refractivity contribution in [2.45, 2.75) is 0 Å². The molecule has 0 unspecified atom stereocenters. The van der Waals surface area contributed by atoms with Crippen LogP contribution in [-0.4, -0.2) is 14.2 Å². The standard InChI is InChI=1S/C22H15ClN4O2S/c23-17-13-7-8-14-18(17)24-25-19-20(28)26(15-9-3-1-4-10-15)22(30)27(21(19)29)16-11-5-2-6-12-16/h1-14,28H. The van der Waals surface area contributed by atoms with Crippen LogP contribution >= 0.6 is 23.8 Å². The summed E-state index contributed by atoms with van der Waals surface area (Å²) in [6.45, 7) is 0. The molecular formula is C22H15ClN4O2S. The Hall–Kier alpha value is -3.55. The lowest BCUT2D eigenvalue weighted by Gasteiger charge is -2.15. The number of aromatic hydroxyl groups is 1. The van der Waals surface area contributed by atoms with Gasteiger partial charge in [0.05, 0.1) is 16.4 Å². The number of aromatic nitrogens is 2. The fraction of sp³-hybridized carbons (Fsp3) is 0. The van der Waals surface area contributed by atoms with Gasteiger partial charge in [0.1, 0.15) is 5.69 Å². The predicted molar refractivity (Wildman–Crippen MR) is 119 cm³/mol. The lowest BCUT2D eigenvalue weighted by Crippen LogP contribution is -2.23. The van der Waals surface area contributed by atoms with Gasteiger partial charge in [0, 0.05) is 0 Å². The van der Waals surface area contributed by atoms with E-state index in [1.807, 2.05) is 12.1 Å². The lowest BCUT2D eigenvalue weighted by atomic mass is 10.3. The van der Waals surface area contributed by atoms with Crippen LogP contribution in [0.25, 0.3) is 11.4 Å². The number of benzene rings is 3. The zero-order valence-corrected chi connectivity index (χ0v) is 17.1. The van der Waals surface area contributed by atoms with E-state index in [1.165, 1.54) is 9.13 Å². The number of rotatable bonds is 4. The molecule has 0 amide bonds. The predicted octanol–water partition coefficient (Wildman–Crippen LogP) is 6.13. The molecule has 0 aliphatic heterocycles. The molecule has 8 heteroatoms. The molecular weight excluding hydrogens is 420 g/mol. The van der Waals surface area contributed by atoms with Crippen LogP contribution in [0.1, 0.15) is 0 Å². The summed E-state index contributed by atoms with van der Waals surface area (Å²) < 4.78 is 2.79. The Kier molecular flexibility index (Phi) is 5.56. The van der Waals surface area contributed by atoms with Gasteiger partial charge < -0.3 is 5.11 Å². The van der Waals surface area contributed by atoms with E-state index in [-0.39, 0.29) is 10.5 Å². The van der Waals surface area contributed by atoms with Gasteiger partial charge in [0.15, 0.2) is 4.77 Å². The first-order valence-electron chi connectivity index (χ1n) is 8.96. The maximum absolute atomic E-state index is 13.2. The average Bonchev–Trinajstić information content (AvgIpc) is 2.76. The Morgan fingerprint density at radius 1 is 0.767 bits per heavy atom. The summed E-state index contributed by atoms with van der Waals surface area (Å²) in [6.07, 6.45) is 0. The summed E-state index contributed by atoms with van der Waals surface area (Å²) in [5.41, 5.74) is 0.658. The Morgan fingerprint density at radius 3 is 1.90 bits per heavy atom. The monoisotopic (exact) mass is 434 g/mol. The maximum Gasteiger partial charge on any atom is 0.290 e. The van der Waals surface area contributed by atoms with Crippen molar-refractivity contribution in [2.75, 3.05) is 0 Å². The minimum absolute atomic E-state index is 0.103. The molecule has 0 saturated heterocycles. The van der Waals surface area contributed by atoms with E-state index < -0.39 is 11.4 Å². The van der Waals surface area contributed by atoms with Gasteiger partial charge in [-0.2, -0.15) is 0 Å². The molecule has 0 aliphatic rings. The van der Waals surface area contributed by atoms with Crippen molar-refractivity contribution in [1.29, 1.82) is 0 Å². The van der Waals surface area contributed by atoms with Crippen LogP contribution in [0.2, 0.25) is 5.02 Å². The highest BCUT2D eigenvalue weighted by molar-refractivity contribution is 7.71. The summed E-state index contributed by atoms with van der Waals surface area (Å²) in [6, 6.07) is 24.7. The fourth-order valence-electron chi connectivity index (χ4n) is 2.92. The van der Waals surface area contributed by atoms with Crippen molar-refractivity contribution in [1.82, 2.24) is 9.13 Å². The first-order valence-corrected chi connectivity index (χ1v) is 9.74. The molecule has 0 radical (unpaired) electrons. The van der Waals surface area contributed by atoms with Crippen molar-refractivity contribution < 1.29 is 5.11 Å². The fourth-order valence-corrected chi connectivity index (χ4v) is 3.48. The highest BCUT2D eigenvalue weighted by Crippen LogP contribution is 2.30. The quantitative estimate of drug-likeness (QED) is 0.310. The van der Waals surface area contributed by atoms with Crippen molar-refractivity contribution >= 4 is 35.2 Å². The zero-order chi connectivity index (χ0) is 21.1. The Labute approximate surface area is 182 Å². The van der Waals surface area contributed by atoms with Crippen molar-refractivity contribution in [2.24, 2.45) is 10.2 Å². The second kappa shape index (κ2) is 8.44. The second-order valence-corrected chi connectivity index (χ2v) is 7.03. The zero-order valence-electron chi connectivity index (χ0n) is 15.5. The molecule has 0 bridgehead atoms. The first-order chi connectivity index (χ1) is 14.6. The molecule has 0 atom stereocenters. The molecule has 0 fully saturated rings. The Morgan fingerprint density at radius 2 is 1.30 bits per heavy atom. The third kappa shape index (κ3) is 3.68. The van der Waals surface area contributed by atoms with E-state index in [0.29, 0.717) is 22.1 Å². The second-order valence-electron chi connectivity index (χ2n) is 6.25. The highest BCUT2D eigenvalue weighted by Gasteiger charge is 2.19. The SMILES string of the molecule is O=c1c(N=Nc2ccccc2Cl)c(O)n(-c2ccccc2)c(=S)n1-c1ccccc1. The van der Waals surface area contributed by atoms with Crippen LogP contribution < -0.4 is 5.56 Å². The Balaban J connectivity index is 2.02. The van der Waals surface area contributed by atoms with Crippen LogP contribution in [0, 0.1) is 4.77 Å². The molecule has 4 aromatic rings. The molecule has 148 valence electrons. The van der Waals surface area contributed by atoms with E-state index >= 15 is 0 Å². The smallest absolute Gasteiger partial charge is 0.290 e. The molecule has 6 nitrogen and oxygen atoms in total. The van der Waals surface area contributed by atoms with Crippen LogP contribution in [0.4, 0.5) is 11.4 Å². The number of halogens is 1. The highest BCUT2D eigenvalue weighted by atomic mass is 35.5. The minimum Gasteiger partial charge on any atom is -0.492 e. The summed E-state index contributed by atoms with van der Waals surface area (Å²) in [5.74, 6) is -0.404. The number of para-hydroxylation sites is 2. The number of azo groups is 1. The van der Waals surface area contributed by atoms with Crippen molar-refractivity contribution in [3.8, 4) is 17.3 Å². The van der Waals surface area contributed by atoms with Crippen LogP contribution in [0.3, 0.4) is 0 Å². The van der Waals surface area contributed by atoms with Gasteiger partial charge in [0.2, 0.25) is 11.6 Å². The first kappa shape index (κ1) is 19.8. The van der Waals surface area contributed by atoms with Gasteiger partial charge in [-0.25, -0.2) is 0 Å². The molecule has 1 aromatic heterocycles. The lowest BCUT2D eigenvalue weighted by molar-refractivity contribution is 0.432. The van der Waals surface area contributed by atoms with Gasteiger partial charge in [0.25, 0.3) is 5.56 Å². The number of nitrogens with zero attached hydrogens (tertiary/aromatic N) is 4. The largest absolute Gasteiger partial charge is 0.492 e. The van der Waals surface area contributed by atoms with Gasteiger partial charge in [-0.3, -0.25) is 13.9 Å². The molecule has 30 heavy (non-hydrogen) atoms. The topological polar surface area (TPSA) is 71.9 Å². The summed E-state index contributed by atoms with van der Waals surface area (Å²) in [4.78, 5) is 13.2. The van der Waals surface area contributed by atoms with Crippen LogP contribution in [-0.2, 0) is 0 Å². The van der Waals surface area contributed by atoms with E-state index in [9.17, 15) is 9.90 Å². The van der Waals surface area contributed by atoms with E-state index in [1.54, 1.807) is 72.8 Å². The van der Waals surface area contributed by atoms with Crippen molar-refractivity contribution in [3.05, 3.63) is 105 Å². The molecule has 1 N–H and O–H groups in total. The average molecular weight is 435 g/mol. The minimum atomic E-state index is -0.591. The molecule has 0 aliphatic carbocycles. The van der Waals surface area contributed by atoms with Crippen molar-refractivity contribution in [3.63, 3.8) is 0 Å². The van der Waals surface area contributed by atoms with E-state index in [0.717, 1.165) is 0 Å². The third-order valence-corrected chi connectivity index (χ3v) is 5.04. The maximum atomic E-state index is 13.2. The summed E-state index contributed by atoms with van der Waals surface area (Å²) >= 11 is 11.7. The molecule has 0 spiro atoms. The normalized spacial score (nSPS) is 11.1. The van der Waals surface area contributed by atoms with Gasteiger partial charge in [-0.1, -0.05) is 60.1 Å². The third-order valence-electron chi connectivity index (χ3n) is 4.35. The molecule has 0 saturated carbocycles. The summed E-state index contributed by atoms with van der Waals surface area (Å²) in [7, 11) is 0. The van der Waals surface area contributed by atoms with Gasteiger partial charge in [-0.15, -0.1) is 10.2 Å². The van der Waals surface area contributed by atoms with Crippen LogP contribution in [0.15, 0.2) is 100.0 Å². The molecule has 3 aromatic carbocycles. The van der Waals surface area contributed by atoms with Gasteiger partial charge in [-0.05, 0) is 48.6 Å². The molecule has 4 rings (SSSR count). The van der Waals surface area contributed by atoms with E-state index in [2.05, 4.69) is 10.2 Å². The Bertz CT molecular complexity index is 1350. The van der Waals surface area contributed by atoms with Gasteiger partial charge >= 0.3 is 0 Å². The molecule has 1 heterocycles. The van der Waals surface area contributed by atoms with Crippen LogP contribution in [0.5, 0.6) is 5.88 Å². The van der Waals surface area contributed by atoms with E-state index in [4.69, 9.17) is 23.8 Å².